The summed E-state index contributed by atoms with van der Waals surface area (Å²) in [4.78, 5) is 6.84. The van der Waals surface area contributed by atoms with Crippen molar-refractivity contribution in [1.82, 2.24) is 14.8 Å². The van der Waals surface area contributed by atoms with E-state index in [0.29, 0.717) is 0 Å². The van der Waals surface area contributed by atoms with Crippen molar-refractivity contribution in [1.29, 1.82) is 0 Å². The molecule has 0 unspecified atom stereocenters. The lowest BCUT2D eigenvalue weighted by molar-refractivity contribution is 0.470. The molecule has 4 heteroatoms. The van der Waals surface area contributed by atoms with Crippen LogP contribution in [0.15, 0.2) is 36.1 Å². The van der Waals surface area contributed by atoms with Crippen LogP contribution in [0.1, 0.15) is 25.3 Å². The lowest BCUT2D eigenvalue weighted by atomic mass is 10.3. The zero-order valence-electron chi connectivity index (χ0n) is 12.4. The van der Waals surface area contributed by atoms with E-state index in [4.69, 9.17) is 0 Å². The molecule has 4 nitrogen and oxygen atoms in total. The highest BCUT2D eigenvalue weighted by atomic mass is 15.3. The van der Waals surface area contributed by atoms with E-state index in [9.17, 15) is 0 Å². The van der Waals surface area contributed by atoms with Crippen LogP contribution in [0.4, 0.5) is 0 Å². The third-order valence-electron chi connectivity index (χ3n) is 2.90. The molecule has 0 fully saturated rings. The summed E-state index contributed by atoms with van der Waals surface area (Å²) in [6, 6.07) is 2.10. The molecule has 0 amide bonds. The predicted molar refractivity (Wildman–Crippen MR) is 82.3 cm³/mol. The number of nitrogens with one attached hydrogen (secondary N) is 1. The second-order valence-electron chi connectivity index (χ2n) is 4.71. The highest BCUT2D eigenvalue weighted by molar-refractivity contribution is 5.79. The van der Waals surface area contributed by atoms with Crippen molar-refractivity contribution >= 4 is 5.96 Å². The molecule has 0 atom stereocenters. The monoisotopic (exact) mass is 262 g/mol. The number of guanidine groups is 1. The lowest BCUT2D eigenvalue weighted by Gasteiger charge is -2.21. The molecule has 1 rings (SSSR count). The maximum atomic E-state index is 4.67. The maximum absolute atomic E-state index is 4.67. The first-order valence-corrected chi connectivity index (χ1v) is 6.88. The van der Waals surface area contributed by atoms with Gasteiger partial charge in [0.2, 0.25) is 0 Å². The van der Waals surface area contributed by atoms with E-state index in [1.54, 1.807) is 0 Å². The van der Waals surface area contributed by atoms with Crippen LogP contribution in [0.25, 0.3) is 0 Å². The molecule has 0 aliphatic rings. The summed E-state index contributed by atoms with van der Waals surface area (Å²) < 4.78 is 2.05. The van der Waals surface area contributed by atoms with Crippen LogP contribution in [0, 0.1) is 0 Å². The summed E-state index contributed by atoms with van der Waals surface area (Å²) in [6.45, 7) is 8.44. The van der Waals surface area contributed by atoms with Gasteiger partial charge in [-0.25, -0.2) is 4.99 Å². The molecule has 0 radical (unpaired) electrons. The zero-order chi connectivity index (χ0) is 14.1. The van der Waals surface area contributed by atoms with Crippen molar-refractivity contribution in [3.63, 3.8) is 0 Å². The first-order chi connectivity index (χ1) is 9.17. The highest BCUT2D eigenvalue weighted by Gasteiger charge is 2.04. The van der Waals surface area contributed by atoms with Crippen molar-refractivity contribution in [2.24, 2.45) is 12.0 Å². The fraction of sp³-hybridized carbons (Fsp3) is 0.533. The standard InChI is InChI=1S/C15H26N4/c1-5-7-8-10-19(4)15(16-6-2)17-12-14-9-11-18(3)13-14/h5,9,11,13H,1,6-8,10,12H2,2-4H3,(H,16,17). The molecule has 106 valence electrons. The van der Waals surface area contributed by atoms with E-state index < -0.39 is 0 Å². The van der Waals surface area contributed by atoms with E-state index in [-0.39, 0.29) is 0 Å². The van der Waals surface area contributed by atoms with Gasteiger partial charge in [0.1, 0.15) is 0 Å². The Balaban J connectivity index is 2.56. The molecule has 0 aliphatic carbocycles. The first-order valence-electron chi connectivity index (χ1n) is 6.88. The van der Waals surface area contributed by atoms with Gasteiger partial charge in [-0.3, -0.25) is 0 Å². The Morgan fingerprint density at radius 1 is 1.58 bits per heavy atom. The van der Waals surface area contributed by atoms with Crippen LogP contribution >= 0.6 is 0 Å². The Bertz CT molecular complexity index is 406. The minimum atomic E-state index is 0.717. The highest BCUT2D eigenvalue weighted by Crippen LogP contribution is 2.02. The molecule has 0 saturated heterocycles. The van der Waals surface area contributed by atoms with E-state index in [1.165, 1.54) is 5.56 Å². The molecule has 1 aromatic rings. The van der Waals surface area contributed by atoms with Crippen molar-refractivity contribution in [2.45, 2.75) is 26.3 Å². The van der Waals surface area contributed by atoms with Gasteiger partial charge in [0.15, 0.2) is 5.96 Å². The average Bonchev–Trinajstić information content (AvgIpc) is 2.80. The van der Waals surface area contributed by atoms with Gasteiger partial charge in [0, 0.05) is 39.6 Å². The van der Waals surface area contributed by atoms with Crippen molar-refractivity contribution in [3.8, 4) is 0 Å². The maximum Gasteiger partial charge on any atom is 0.193 e. The third kappa shape index (κ3) is 5.64. The number of hydrogen-bond donors (Lipinski definition) is 1. The van der Waals surface area contributed by atoms with E-state index >= 15 is 0 Å². The molecule has 19 heavy (non-hydrogen) atoms. The molecular weight excluding hydrogens is 236 g/mol. The predicted octanol–water partition coefficient (Wildman–Crippen LogP) is 2.39. The van der Waals surface area contributed by atoms with Gasteiger partial charge < -0.3 is 14.8 Å². The minimum Gasteiger partial charge on any atom is -0.357 e. The van der Waals surface area contributed by atoms with Crippen LogP contribution in [0.3, 0.4) is 0 Å². The summed E-state index contributed by atoms with van der Waals surface area (Å²) in [7, 11) is 4.11. The minimum absolute atomic E-state index is 0.717. The second-order valence-corrected chi connectivity index (χ2v) is 4.71. The lowest BCUT2D eigenvalue weighted by Crippen LogP contribution is -2.39. The molecule has 0 saturated carbocycles. The smallest absolute Gasteiger partial charge is 0.193 e. The topological polar surface area (TPSA) is 32.6 Å². The number of nitrogens with zero attached hydrogens (tertiary/aromatic N) is 3. The van der Waals surface area contributed by atoms with Gasteiger partial charge in [-0.1, -0.05) is 6.08 Å². The molecule has 0 bridgehead atoms. The molecule has 0 aliphatic heterocycles. The summed E-state index contributed by atoms with van der Waals surface area (Å²) in [6.07, 6.45) is 8.26. The number of unbranched alkanes of at least 4 members (excludes halogenated alkanes) is 1. The fourth-order valence-corrected chi connectivity index (χ4v) is 1.87. The Morgan fingerprint density at radius 2 is 2.37 bits per heavy atom. The van der Waals surface area contributed by atoms with E-state index in [2.05, 4.69) is 48.0 Å². The molecule has 1 aromatic heterocycles. The summed E-state index contributed by atoms with van der Waals surface area (Å²) in [5, 5.41) is 3.33. The fourth-order valence-electron chi connectivity index (χ4n) is 1.87. The molecule has 0 aromatic carbocycles. The Kier molecular flexibility index (Phi) is 6.79. The van der Waals surface area contributed by atoms with Crippen LogP contribution in [-0.2, 0) is 13.6 Å². The number of aryl methyl sites for hydroxylation is 1. The third-order valence-corrected chi connectivity index (χ3v) is 2.90. The van der Waals surface area contributed by atoms with Crippen LogP contribution in [0.5, 0.6) is 0 Å². The van der Waals surface area contributed by atoms with Crippen molar-refractivity contribution < 1.29 is 0 Å². The summed E-state index contributed by atoms with van der Waals surface area (Å²) >= 11 is 0. The van der Waals surface area contributed by atoms with Gasteiger partial charge >= 0.3 is 0 Å². The molecule has 0 spiro atoms. The largest absolute Gasteiger partial charge is 0.357 e. The summed E-state index contributed by atoms with van der Waals surface area (Å²) in [5.74, 6) is 0.968. The number of aromatic nitrogens is 1. The number of hydrogen-bond acceptors (Lipinski definition) is 1. The molecule has 1 heterocycles. The normalized spacial score (nSPS) is 11.4. The Labute approximate surface area is 116 Å². The summed E-state index contributed by atoms with van der Waals surface area (Å²) in [5.41, 5.74) is 1.23. The van der Waals surface area contributed by atoms with Gasteiger partial charge in [-0.2, -0.15) is 0 Å². The quantitative estimate of drug-likeness (QED) is 0.354. The van der Waals surface area contributed by atoms with E-state index in [1.807, 2.05) is 23.9 Å². The Morgan fingerprint density at radius 3 is 2.95 bits per heavy atom. The van der Waals surface area contributed by atoms with Crippen molar-refractivity contribution in [3.05, 3.63) is 36.7 Å². The number of allylic oxidation sites excluding steroid dienone is 1. The average molecular weight is 262 g/mol. The SMILES string of the molecule is C=CCCCN(C)C(=NCc1ccn(C)c1)NCC. The van der Waals surface area contributed by atoms with Gasteiger partial charge in [-0.15, -0.1) is 6.58 Å². The van der Waals surface area contributed by atoms with E-state index in [0.717, 1.165) is 38.4 Å². The van der Waals surface area contributed by atoms with Crippen LogP contribution in [0.2, 0.25) is 0 Å². The molecule has 1 N–H and O–H groups in total. The Hall–Kier alpha value is -1.71. The number of aliphatic imine (C=N–C) groups is 1. The first kappa shape index (κ1) is 15.3. The number of rotatable bonds is 7. The van der Waals surface area contributed by atoms with Gasteiger partial charge in [0.25, 0.3) is 0 Å². The molecular formula is C15H26N4. The van der Waals surface area contributed by atoms with Crippen LogP contribution in [-0.4, -0.2) is 35.6 Å². The van der Waals surface area contributed by atoms with Gasteiger partial charge in [0.05, 0.1) is 6.54 Å². The van der Waals surface area contributed by atoms with Crippen molar-refractivity contribution in [2.75, 3.05) is 20.1 Å². The van der Waals surface area contributed by atoms with Crippen LogP contribution < -0.4 is 5.32 Å². The zero-order valence-corrected chi connectivity index (χ0v) is 12.4. The van der Waals surface area contributed by atoms with Gasteiger partial charge in [-0.05, 0) is 31.4 Å². The second kappa shape index (κ2) is 8.40.